The Bertz CT molecular complexity index is 396. The lowest BCUT2D eigenvalue weighted by atomic mass is 9.99. The van der Waals surface area contributed by atoms with E-state index >= 15 is 0 Å². The number of aromatic nitrogens is 3. The Morgan fingerprint density at radius 2 is 2.17 bits per heavy atom. The van der Waals surface area contributed by atoms with Crippen molar-refractivity contribution in [1.82, 2.24) is 15.0 Å². The monoisotopic (exact) mass is 251 g/mol. The van der Waals surface area contributed by atoms with Gasteiger partial charge in [-0.1, -0.05) is 13.3 Å². The highest BCUT2D eigenvalue weighted by Gasteiger charge is 2.24. The highest BCUT2D eigenvalue weighted by molar-refractivity contribution is 5.37. The average Bonchev–Trinajstić information content (AvgIpc) is 2.39. The molecule has 2 rings (SSSR count). The van der Waals surface area contributed by atoms with Crippen LogP contribution in [0.5, 0.6) is 6.01 Å². The number of nitrogens with two attached hydrogens (primary N) is 1. The molecule has 1 saturated heterocycles. The molecule has 0 saturated carbocycles. The van der Waals surface area contributed by atoms with Gasteiger partial charge in [0.15, 0.2) is 0 Å². The zero-order chi connectivity index (χ0) is 13.0. The first-order valence-corrected chi connectivity index (χ1v) is 6.56. The second kappa shape index (κ2) is 5.84. The molecule has 0 aromatic carbocycles. The molecule has 18 heavy (non-hydrogen) atoms. The topological polar surface area (TPSA) is 77.2 Å². The Morgan fingerprint density at radius 1 is 1.33 bits per heavy atom. The average molecular weight is 251 g/mol. The normalized spacial score (nSPS) is 19.9. The largest absolute Gasteiger partial charge is 0.467 e. The first-order valence-electron chi connectivity index (χ1n) is 6.56. The van der Waals surface area contributed by atoms with E-state index in [2.05, 4.69) is 26.8 Å². The predicted octanol–water partition coefficient (Wildman–Crippen LogP) is 1.62. The van der Waals surface area contributed by atoms with Crippen LogP contribution in [0.15, 0.2) is 0 Å². The third-order valence-electron chi connectivity index (χ3n) is 3.31. The van der Waals surface area contributed by atoms with Gasteiger partial charge in [-0.3, -0.25) is 0 Å². The van der Waals surface area contributed by atoms with E-state index in [0.29, 0.717) is 18.0 Å². The maximum absolute atomic E-state index is 5.69. The van der Waals surface area contributed by atoms with Crippen molar-refractivity contribution in [2.24, 2.45) is 0 Å². The summed E-state index contributed by atoms with van der Waals surface area (Å²) in [5.74, 6) is 0.871. The number of ether oxygens (including phenoxy) is 1. The van der Waals surface area contributed by atoms with E-state index in [9.17, 15) is 0 Å². The fourth-order valence-corrected chi connectivity index (χ4v) is 2.48. The van der Waals surface area contributed by atoms with Crippen molar-refractivity contribution < 1.29 is 4.74 Å². The van der Waals surface area contributed by atoms with E-state index < -0.39 is 0 Å². The van der Waals surface area contributed by atoms with Crippen LogP contribution in [-0.4, -0.2) is 34.6 Å². The standard InChI is InChI=1S/C12H21N5O/c1-3-6-9-7-4-5-8-17(9)11-14-10(13)15-12(16-11)18-2/h9H,3-8H2,1-2H3,(H2,13,14,15,16). The lowest BCUT2D eigenvalue weighted by Crippen LogP contribution is -2.40. The van der Waals surface area contributed by atoms with Crippen molar-refractivity contribution in [3.63, 3.8) is 0 Å². The Labute approximate surface area is 108 Å². The molecule has 2 N–H and O–H groups in total. The van der Waals surface area contributed by atoms with Crippen LogP contribution in [0, 0.1) is 0 Å². The van der Waals surface area contributed by atoms with Crippen molar-refractivity contribution in [3.8, 4) is 6.01 Å². The van der Waals surface area contributed by atoms with E-state index in [1.807, 2.05) is 0 Å². The highest BCUT2D eigenvalue weighted by Crippen LogP contribution is 2.25. The first kappa shape index (κ1) is 12.9. The quantitative estimate of drug-likeness (QED) is 0.876. The molecule has 6 nitrogen and oxygen atoms in total. The molecule has 1 aliphatic heterocycles. The SMILES string of the molecule is CCCC1CCCCN1c1nc(N)nc(OC)n1. The molecule has 100 valence electrons. The van der Waals surface area contributed by atoms with Crippen LogP contribution >= 0.6 is 0 Å². The van der Waals surface area contributed by atoms with Gasteiger partial charge in [-0.05, 0) is 25.7 Å². The number of nitrogen functional groups attached to an aromatic ring is 1. The number of methoxy groups -OCH3 is 1. The molecule has 0 amide bonds. The van der Waals surface area contributed by atoms with Gasteiger partial charge >= 0.3 is 6.01 Å². The van der Waals surface area contributed by atoms with Gasteiger partial charge in [-0.2, -0.15) is 15.0 Å². The summed E-state index contributed by atoms with van der Waals surface area (Å²) in [6.45, 7) is 3.19. The van der Waals surface area contributed by atoms with Crippen LogP contribution in [0.3, 0.4) is 0 Å². The van der Waals surface area contributed by atoms with E-state index in [-0.39, 0.29) is 5.95 Å². The molecule has 0 spiro atoms. The fraction of sp³-hybridized carbons (Fsp3) is 0.750. The maximum atomic E-state index is 5.69. The smallest absolute Gasteiger partial charge is 0.322 e. The molecule has 0 aliphatic carbocycles. The molecule has 6 heteroatoms. The van der Waals surface area contributed by atoms with Crippen molar-refractivity contribution in [1.29, 1.82) is 0 Å². The van der Waals surface area contributed by atoms with Crippen LogP contribution in [-0.2, 0) is 0 Å². The molecule has 1 aromatic rings. The molecule has 1 aromatic heterocycles. The van der Waals surface area contributed by atoms with Crippen LogP contribution in [0.1, 0.15) is 39.0 Å². The molecule has 0 radical (unpaired) electrons. The second-order valence-corrected chi connectivity index (χ2v) is 4.61. The zero-order valence-electron chi connectivity index (χ0n) is 11.1. The minimum absolute atomic E-state index is 0.220. The summed E-state index contributed by atoms with van der Waals surface area (Å²) >= 11 is 0. The molecule has 1 atom stereocenters. The molecule has 2 heterocycles. The summed E-state index contributed by atoms with van der Waals surface area (Å²) < 4.78 is 5.05. The van der Waals surface area contributed by atoms with Crippen LogP contribution in [0.25, 0.3) is 0 Å². The van der Waals surface area contributed by atoms with E-state index in [0.717, 1.165) is 13.0 Å². The van der Waals surface area contributed by atoms with E-state index in [1.165, 1.54) is 32.8 Å². The number of nitrogens with zero attached hydrogens (tertiary/aromatic N) is 4. The summed E-state index contributed by atoms with van der Waals surface area (Å²) in [6, 6.07) is 0.800. The lowest BCUT2D eigenvalue weighted by Gasteiger charge is -2.35. The molecule has 1 aliphatic rings. The van der Waals surface area contributed by atoms with Crippen molar-refractivity contribution in [2.75, 3.05) is 24.3 Å². The first-order chi connectivity index (χ1) is 8.74. The lowest BCUT2D eigenvalue weighted by molar-refractivity contribution is 0.374. The zero-order valence-corrected chi connectivity index (χ0v) is 11.1. The Kier molecular flexibility index (Phi) is 4.17. The van der Waals surface area contributed by atoms with Gasteiger partial charge in [0, 0.05) is 12.6 Å². The van der Waals surface area contributed by atoms with Crippen LogP contribution in [0.2, 0.25) is 0 Å². The van der Waals surface area contributed by atoms with Gasteiger partial charge in [0.25, 0.3) is 0 Å². The third-order valence-corrected chi connectivity index (χ3v) is 3.31. The van der Waals surface area contributed by atoms with Crippen molar-refractivity contribution in [3.05, 3.63) is 0 Å². The van der Waals surface area contributed by atoms with Crippen LogP contribution < -0.4 is 15.4 Å². The minimum Gasteiger partial charge on any atom is -0.467 e. The fourth-order valence-electron chi connectivity index (χ4n) is 2.48. The summed E-state index contributed by atoms with van der Waals surface area (Å²) in [5.41, 5.74) is 5.69. The van der Waals surface area contributed by atoms with Crippen molar-refractivity contribution in [2.45, 2.75) is 45.1 Å². The van der Waals surface area contributed by atoms with E-state index in [4.69, 9.17) is 10.5 Å². The summed E-state index contributed by atoms with van der Waals surface area (Å²) in [6.07, 6.45) is 5.97. The third kappa shape index (κ3) is 2.80. The Balaban J connectivity index is 2.24. The predicted molar refractivity (Wildman–Crippen MR) is 70.7 cm³/mol. The summed E-state index contributed by atoms with van der Waals surface area (Å²) in [7, 11) is 1.54. The molecule has 1 fully saturated rings. The number of piperidine rings is 1. The number of anilines is 2. The molecule has 1 unspecified atom stereocenters. The summed E-state index contributed by atoms with van der Waals surface area (Å²) in [5, 5.41) is 0. The van der Waals surface area contributed by atoms with Crippen LogP contribution in [0.4, 0.5) is 11.9 Å². The molecule has 0 bridgehead atoms. The second-order valence-electron chi connectivity index (χ2n) is 4.61. The number of hydrogen-bond acceptors (Lipinski definition) is 6. The van der Waals surface area contributed by atoms with Gasteiger partial charge in [-0.25, -0.2) is 0 Å². The Morgan fingerprint density at radius 3 is 2.89 bits per heavy atom. The Hall–Kier alpha value is -1.59. The molecular weight excluding hydrogens is 230 g/mol. The number of hydrogen-bond donors (Lipinski definition) is 1. The van der Waals surface area contributed by atoms with Gasteiger partial charge in [0.2, 0.25) is 11.9 Å². The maximum Gasteiger partial charge on any atom is 0.322 e. The minimum atomic E-state index is 0.220. The van der Waals surface area contributed by atoms with Gasteiger partial charge in [0.05, 0.1) is 7.11 Å². The van der Waals surface area contributed by atoms with Gasteiger partial charge in [0.1, 0.15) is 0 Å². The highest BCUT2D eigenvalue weighted by atomic mass is 16.5. The number of rotatable bonds is 4. The van der Waals surface area contributed by atoms with E-state index in [1.54, 1.807) is 0 Å². The molecular formula is C12H21N5O. The van der Waals surface area contributed by atoms with Crippen molar-refractivity contribution >= 4 is 11.9 Å². The van der Waals surface area contributed by atoms with Gasteiger partial charge < -0.3 is 15.4 Å². The summed E-state index contributed by atoms with van der Waals surface area (Å²) in [4.78, 5) is 14.7. The van der Waals surface area contributed by atoms with Gasteiger partial charge in [-0.15, -0.1) is 0 Å².